The standard InChI is InChI=1S/C20H23ClN2O3S2/c21-16-7-2-1-5-14(16)13-17-19(26)23(20(27)28-17)11-8-18(25)22-10-4-3-6-15(22)9-12-24/h1-2,5,7,13,15,24H,3-4,6,8-12H2/b17-13-/t15-/m0/s1. The molecule has 5 nitrogen and oxygen atoms in total. The van der Waals surface area contributed by atoms with Gasteiger partial charge in [-0.25, -0.2) is 0 Å². The minimum Gasteiger partial charge on any atom is -0.396 e. The molecule has 1 aromatic rings. The second kappa shape index (κ2) is 9.87. The zero-order valence-corrected chi connectivity index (χ0v) is 17.9. The van der Waals surface area contributed by atoms with Crippen LogP contribution in [0.4, 0.5) is 0 Å². The number of carbonyl (C=O) groups excluding carboxylic acids is 2. The Bertz CT molecular complexity index is 797. The maximum atomic E-state index is 12.7. The minimum atomic E-state index is -0.187. The molecule has 0 spiro atoms. The lowest BCUT2D eigenvalue weighted by Gasteiger charge is -2.36. The lowest BCUT2D eigenvalue weighted by atomic mass is 9.99. The van der Waals surface area contributed by atoms with E-state index in [1.165, 1.54) is 16.7 Å². The van der Waals surface area contributed by atoms with Crippen LogP contribution in [-0.4, -0.2) is 56.8 Å². The number of thioether (sulfide) groups is 1. The number of aliphatic hydroxyl groups excluding tert-OH is 1. The summed E-state index contributed by atoms with van der Waals surface area (Å²) in [6, 6.07) is 7.40. The van der Waals surface area contributed by atoms with Gasteiger partial charge in [0, 0.05) is 37.2 Å². The van der Waals surface area contributed by atoms with Crippen molar-refractivity contribution >= 4 is 57.8 Å². The first kappa shape index (κ1) is 21.3. The number of nitrogens with zero attached hydrogens (tertiary/aromatic N) is 2. The molecule has 1 atom stereocenters. The third-order valence-corrected chi connectivity index (χ3v) is 6.75. The molecule has 2 saturated heterocycles. The largest absolute Gasteiger partial charge is 0.396 e. The highest BCUT2D eigenvalue weighted by Gasteiger charge is 2.33. The van der Waals surface area contributed by atoms with Gasteiger partial charge >= 0.3 is 0 Å². The highest BCUT2D eigenvalue weighted by molar-refractivity contribution is 8.26. The van der Waals surface area contributed by atoms with Crippen molar-refractivity contribution in [3.63, 3.8) is 0 Å². The van der Waals surface area contributed by atoms with Crippen molar-refractivity contribution in [3.05, 3.63) is 39.8 Å². The summed E-state index contributed by atoms with van der Waals surface area (Å²) in [6.07, 6.45) is 5.56. The maximum absolute atomic E-state index is 12.7. The van der Waals surface area contributed by atoms with Gasteiger partial charge in [0.05, 0.1) is 4.91 Å². The quantitative estimate of drug-likeness (QED) is 0.542. The van der Waals surface area contributed by atoms with E-state index in [4.69, 9.17) is 23.8 Å². The van der Waals surface area contributed by atoms with E-state index >= 15 is 0 Å². The van der Waals surface area contributed by atoms with Crippen LogP contribution in [0, 0.1) is 0 Å². The summed E-state index contributed by atoms with van der Waals surface area (Å²) in [5.41, 5.74) is 0.765. The molecular weight excluding hydrogens is 416 g/mol. The summed E-state index contributed by atoms with van der Waals surface area (Å²) in [4.78, 5) is 29.3. The number of aliphatic hydroxyl groups is 1. The van der Waals surface area contributed by atoms with Crippen LogP contribution < -0.4 is 0 Å². The Morgan fingerprint density at radius 2 is 2.14 bits per heavy atom. The number of carbonyl (C=O) groups is 2. The third-order valence-electron chi connectivity index (χ3n) is 5.02. The monoisotopic (exact) mass is 438 g/mol. The Morgan fingerprint density at radius 1 is 1.36 bits per heavy atom. The number of piperidine rings is 1. The molecule has 150 valence electrons. The molecule has 8 heteroatoms. The van der Waals surface area contributed by atoms with E-state index in [-0.39, 0.29) is 37.4 Å². The molecule has 2 aliphatic rings. The highest BCUT2D eigenvalue weighted by atomic mass is 35.5. The van der Waals surface area contributed by atoms with Crippen molar-refractivity contribution in [3.8, 4) is 0 Å². The van der Waals surface area contributed by atoms with Gasteiger partial charge in [0.15, 0.2) is 0 Å². The molecule has 2 fully saturated rings. The summed E-state index contributed by atoms with van der Waals surface area (Å²) in [6.45, 7) is 1.07. The fraction of sp³-hybridized carbons (Fsp3) is 0.450. The van der Waals surface area contributed by atoms with Crippen molar-refractivity contribution in [2.45, 2.75) is 38.1 Å². The average molecular weight is 439 g/mol. The summed E-state index contributed by atoms with van der Waals surface area (Å²) >= 11 is 12.8. The van der Waals surface area contributed by atoms with E-state index in [1.54, 1.807) is 12.1 Å². The van der Waals surface area contributed by atoms with Gasteiger partial charge in [-0.2, -0.15) is 0 Å². The van der Waals surface area contributed by atoms with E-state index < -0.39 is 0 Å². The van der Waals surface area contributed by atoms with E-state index in [0.717, 1.165) is 24.8 Å². The SMILES string of the molecule is O=C1/C(=C/c2ccccc2Cl)SC(=S)N1CCC(=O)N1CCCC[C@H]1CCO. The van der Waals surface area contributed by atoms with Gasteiger partial charge in [-0.1, -0.05) is 53.8 Å². The fourth-order valence-electron chi connectivity index (χ4n) is 3.56. The third kappa shape index (κ3) is 4.95. The van der Waals surface area contributed by atoms with E-state index in [2.05, 4.69) is 0 Å². The molecule has 28 heavy (non-hydrogen) atoms. The topological polar surface area (TPSA) is 60.9 Å². The summed E-state index contributed by atoms with van der Waals surface area (Å²) in [5.74, 6) is -0.171. The molecule has 0 aromatic heterocycles. The van der Waals surface area contributed by atoms with Crippen molar-refractivity contribution in [1.29, 1.82) is 0 Å². The maximum Gasteiger partial charge on any atom is 0.266 e. The zero-order chi connectivity index (χ0) is 20.1. The second-order valence-corrected chi connectivity index (χ2v) is 8.94. The second-order valence-electron chi connectivity index (χ2n) is 6.85. The van der Waals surface area contributed by atoms with E-state index in [1.807, 2.05) is 23.1 Å². The first-order valence-corrected chi connectivity index (χ1v) is 11.0. The number of hydrogen-bond donors (Lipinski definition) is 1. The number of rotatable bonds is 6. The molecule has 0 saturated carbocycles. The van der Waals surface area contributed by atoms with Crippen molar-refractivity contribution < 1.29 is 14.7 Å². The van der Waals surface area contributed by atoms with Gasteiger partial charge in [0.2, 0.25) is 5.91 Å². The van der Waals surface area contributed by atoms with E-state index in [9.17, 15) is 14.7 Å². The van der Waals surface area contributed by atoms with Gasteiger partial charge in [-0.05, 0) is 43.4 Å². The Labute approximate surface area is 179 Å². The van der Waals surface area contributed by atoms with Crippen LogP contribution in [0.1, 0.15) is 37.7 Å². The van der Waals surface area contributed by atoms with Crippen LogP contribution in [0.15, 0.2) is 29.2 Å². The first-order chi connectivity index (χ1) is 13.5. The Balaban J connectivity index is 1.63. The molecule has 2 aliphatic heterocycles. The molecule has 2 heterocycles. The lowest BCUT2D eigenvalue weighted by Crippen LogP contribution is -2.45. The van der Waals surface area contributed by atoms with Gasteiger partial charge in [0.1, 0.15) is 4.32 Å². The predicted molar refractivity (Wildman–Crippen MR) is 117 cm³/mol. The van der Waals surface area contributed by atoms with Crippen LogP contribution in [0.2, 0.25) is 5.02 Å². The summed E-state index contributed by atoms with van der Waals surface area (Å²) in [5, 5.41) is 9.81. The van der Waals surface area contributed by atoms with Crippen LogP contribution in [0.25, 0.3) is 6.08 Å². The van der Waals surface area contributed by atoms with Gasteiger partial charge < -0.3 is 10.0 Å². The molecule has 3 rings (SSSR count). The lowest BCUT2D eigenvalue weighted by molar-refractivity contribution is -0.135. The summed E-state index contributed by atoms with van der Waals surface area (Å²) < 4.78 is 0.460. The zero-order valence-electron chi connectivity index (χ0n) is 15.5. The molecule has 0 radical (unpaired) electrons. The Kier molecular flexibility index (Phi) is 7.51. The average Bonchev–Trinajstić information content (AvgIpc) is 2.95. The summed E-state index contributed by atoms with van der Waals surface area (Å²) in [7, 11) is 0. The molecule has 2 amide bonds. The van der Waals surface area contributed by atoms with Crippen LogP contribution in [0.3, 0.4) is 0 Å². The van der Waals surface area contributed by atoms with Crippen LogP contribution in [-0.2, 0) is 9.59 Å². The minimum absolute atomic E-state index is 0.0160. The van der Waals surface area contributed by atoms with Crippen molar-refractivity contribution in [2.75, 3.05) is 19.7 Å². The number of amides is 2. The Morgan fingerprint density at radius 3 is 2.89 bits per heavy atom. The molecule has 0 bridgehead atoms. The molecule has 0 aliphatic carbocycles. The number of hydrogen-bond acceptors (Lipinski definition) is 5. The first-order valence-electron chi connectivity index (χ1n) is 9.41. The number of likely N-dealkylation sites (tertiary alicyclic amines) is 1. The van der Waals surface area contributed by atoms with Crippen LogP contribution in [0.5, 0.6) is 0 Å². The molecular formula is C20H23ClN2O3S2. The van der Waals surface area contributed by atoms with E-state index in [0.29, 0.717) is 27.2 Å². The van der Waals surface area contributed by atoms with Crippen molar-refractivity contribution in [2.24, 2.45) is 0 Å². The Hall–Kier alpha value is -1.41. The molecule has 1 aromatic carbocycles. The number of halogens is 1. The van der Waals surface area contributed by atoms with Gasteiger partial charge in [-0.3, -0.25) is 14.5 Å². The van der Waals surface area contributed by atoms with Gasteiger partial charge in [0.25, 0.3) is 5.91 Å². The smallest absolute Gasteiger partial charge is 0.266 e. The van der Waals surface area contributed by atoms with Crippen molar-refractivity contribution in [1.82, 2.24) is 9.80 Å². The number of thiocarbonyl (C=S) groups is 1. The highest BCUT2D eigenvalue weighted by Crippen LogP contribution is 2.34. The predicted octanol–water partition coefficient (Wildman–Crippen LogP) is 3.69. The normalized spacial score (nSPS) is 21.6. The van der Waals surface area contributed by atoms with Gasteiger partial charge in [-0.15, -0.1) is 0 Å². The fourth-order valence-corrected chi connectivity index (χ4v) is 5.05. The van der Waals surface area contributed by atoms with Crippen LogP contribution >= 0.6 is 35.6 Å². The molecule has 1 N–H and O–H groups in total. The molecule has 0 unspecified atom stereocenters. The number of benzene rings is 1.